The summed E-state index contributed by atoms with van der Waals surface area (Å²) >= 11 is 6.11. The van der Waals surface area contributed by atoms with Crippen LogP contribution in [0.25, 0.3) is 5.65 Å². The van der Waals surface area contributed by atoms with Gasteiger partial charge in [0.25, 0.3) is 11.5 Å². The largest absolute Gasteiger partial charge is 0.485 e. The third-order valence-electron chi connectivity index (χ3n) is 4.48. The molecule has 0 aliphatic heterocycles. The Hall–Kier alpha value is -3.58. The number of aryl methyl sites for hydroxylation is 2. The number of anilines is 1. The third-order valence-corrected chi connectivity index (χ3v) is 4.71. The number of aromatic nitrogens is 2. The first-order valence-corrected chi connectivity index (χ1v) is 9.57. The molecule has 0 saturated heterocycles. The summed E-state index contributed by atoms with van der Waals surface area (Å²) < 4.78 is 12.2. The van der Waals surface area contributed by atoms with Crippen molar-refractivity contribution >= 4 is 28.8 Å². The van der Waals surface area contributed by atoms with E-state index in [0.717, 1.165) is 10.1 Å². The summed E-state index contributed by atoms with van der Waals surface area (Å²) in [4.78, 5) is 29.2. The number of fused-ring (bicyclic) bond motifs is 1. The summed E-state index contributed by atoms with van der Waals surface area (Å²) in [7, 11) is 0. The van der Waals surface area contributed by atoms with Crippen molar-refractivity contribution in [1.82, 2.24) is 9.56 Å². The molecule has 1 N–H and O–H groups in total. The lowest BCUT2D eigenvalue weighted by Crippen LogP contribution is -2.16. The van der Waals surface area contributed by atoms with Crippen LogP contribution in [0.2, 0.25) is 5.02 Å². The van der Waals surface area contributed by atoms with Gasteiger partial charge in [-0.05, 0) is 43.7 Å². The van der Waals surface area contributed by atoms with E-state index >= 15 is 0 Å². The minimum absolute atomic E-state index is 0.0326. The number of hydrogen-bond donors (Lipinski definition) is 1. The Balaban J connectivity index is 1.57. The summed E-state index contributed by atoms with van der Waals surface area (Å²) in [6.45, 7) is 3.63. The molecule has 0 spiro atoms. The highest BCUT2D eigenvalue weighted by Gasteiger charge is 2.14. The molecule has 0 radical (unpaired) electrons. The summed E-state index contributed by atoms with van der Waals surface area (Å²) in [6, 6.07) is 15.2. The van der Waals surface area contributed by atoms with Crippen molar-refractivity contribution in [2.75, 3.05) is 5.32 Å². The van der Waals surface area contributed by atoms with Gasteiger partial charge in [0.1, 0.15) is 18.1 Å². The predicted molar refractivity (Wildman–Crippen MR) is 113 cm³/mol. The molecule has 0 saturated carbocycles. The second-order valence-electron chi connectivity index (χ2n) is 6.78. The number of rotatable bonds is 5. The highest BCUT2D eigenvalue weighted by atomic mass is 35.5. The van der Waals surface area contributed by atoms with E-state index in [0.29, 0.717) is 39.1 Å². The molecule has 152 valence electrons. The van der Waals surface area contributed by atoms with Crippen molar-refractivity contribution in [1.29, 1.82) is 0 Å². The van der Waals surface area contributed by atoms with Gasteiger partial charge in [-0.2, -0.15) is 0 Å². The van der Waals surface area contributed by atoms with Gasteiger partial charge in [0.05, 0.1) is 11.4 Å². The normalized spacial score (nSPS) is 10.9. The van der Waals surface area contributed by atoms with E-state index in [9.17, 15) is 9.59 Å². The Morgan fingerprint density at radius 1 is 1.17 bits per heavy atom. The van der Waals surface area contributed by atoms with Crippen molar-refractivity contribution in [3.05, 3.63) is 92.6 Å². The number of nitrogens with one attached hydrogen (secondary N) is 1. The molecule has 0 atom stereocenters. The zero-order valence-electron chi connectivity index (χ0n) is 16.3. The van der Waals surface area contributed by atoms with E-state index in [1.54, 1.807) is 43.3 Å². The first kappa shape index (κ1) is 19.7. The molecule has 0 unspecified atom stereocenters. The Morgan fingerprint density at radius 2 is 1.97 bits per heavy atom. The van der Waals surface area contributed by atoms with Crippen LogP contribution in [0.3, 0.4) is 0 Å². The number of benzene rings is 2. The molecule has 0 aliphatic carbocycles. The maximum absolute atomic E-state index is 12.7. The molecule has 0 aliphatic rings. The molecule has 8 heteroatoms. The lowest BCUT2D eigenvalue weighted by atomic mass is 10.1. The van der Waals surface area contributed by atoms with Gasteiger partial charge in [-0.3, -0.25) is 9.59 Å². The Labute approximate surface area is 176 Å². The standard InChI is InChI=1S/C22H18ClN3O4/c1-13-5-3-4-6-17(13)22(28)25-18-10-15(23)7-8-19(18)29-12-16-11-21(27)26-20(24-16)9-14(2)30-26/h3-11H,12H2,1-2H3,(H,25,28). The van der Waals surface area contributed by atoms with Crippen molar-refractivity contribution < 1.29 is 14.1 Å². The Kier molecular flexibility index (Phi) is 5.29. The molecule has 0 fully saturated rings. The Bertz CT molecular complexity index is 1310. The molecular weight excluding hydrogens is 406 g/mol. The predicted octanol–water partition coefficient (Wildman–Crippen LogP) is 4.39. The molecule has 0 bridgehead atoms. The first-order chi connectivity index (χ1) is 14.4. The maximum atomic E-state index is 12.7. The minimum atomic E-state index is -0.337. The molecular formula is C22H18ClN3O4. The quantitative estimate of drug-likeness (QED) is 0.514. The highest BCUT2D eigenvalue weighted by molar-refractivity contribution is 6.31. The van der Waals surface area contributed by atoms with Gasteiger partial charge in [0, 0.05) is 22.7 Å². The molecule has 2 aromatic heterocycles. The van der Waals surface area contributed by atoms with Crippen molar-refractivity contribution in [3.8, 4) is 5.75 Å². The Morgan fingerprint density at radius 3 is 2.77 bits per heavy atom. The topological polar surface area (TPSA) is 85.8 Å². The van der Waals surface area contributed by atoms with Gasteiger partial charge in [-0.15, -0.1) is 4.57 Å². The zero-order chi connectivity index (χ0) is 21.3. The van der Waals surface area contributed by atoms with E-state index in [1.165, 1.54) is 6.07 Å². The van der Waals surface area contributed by atoms with Crippen LogP contribution < -0.4 is 15.6 Å². The molecule has 4 rings (SSSR count). The highest BCUT2D eigenvalue weighted by Crippen LogP contribution is 2.29. The van der Waals surface area contributed by atoms with Gasteiger partial charge >= 0.3 is 0 Å². The van der Waals surface area contributed by atoms with E-state index in [2.05, 4.69) is 10.3 Å². The molecule has 7 nitrogen and oxygen atoms in total. The van der Waals surface area contributed by atoms with E-state index < -0.39 is 0 Å². The second kappa shape index (κ2) is 8.04. The van der Waals surface area contributed by atoms with Gasteiger partial charge < -0.3 is 14.6 Å². The summed E-state index contributed by atoms with van der Waals surface area (Å²) in [5.41, 5.74) is 2.34. The fourth-order valence-corrected chi connectivity index (χ4v) is 3.21. The minimum Gasteiger partial charge on any atom is -0.485 e. The van der Waals surface area contributed by atoms with Crippen molar-refractivity contribution in [2.45, 2.75) is 20.5 Å². The summed E-state index contributed by atoms with van der Waals surface area (Å²) in [5, 5.41) is 3.29. The monoisotopic (exact) mass is 423 g/mol. The molecule has 1 amide bonds. The third kappa shape index (κ3) is 4.06. The van der Waals surface area contributed by atoms with E-state index in [1.807, 2.05) is 19.1 Å². The zero-order valence-corrected chi connectivity index (χ0v) is 17.1. The van der Waals surface area contributed by atoms with E-state index in [-0.39, 0.29) is 18.1 Å². The van der Waals surface area contributed by atoms with Gasteiger partial charge in [0.15, 0.2) is 5.65 Å². The van der Waals surface area contributed by atoms with Crippen molar-refractivity contribution in [3.63, 3.8) is 0 Å². The molecule has 4 aromatic rings. The van der Waals surface area contributed by atoms with Crippen LogP contribution in [0.1, 0.15) is 27.4 Å². The van der Waals surface area contributed by atoms with Crippen LogP contribution in [-0.4, -0.2) is 15.5 Å². The number of amides is 1. The van der Waals surface area contributed by atoms with E-state index in [4.69, 9.17) is 20.9 Å². The van der Waals surface area contributed by atoms with Crippen molar-refractivity contribution in [2.24, 2.45) is 0 Å². The average Bonchev–Trinajstić information content (AvgIpc) is 3.08. The SMILES string of the molecule is Cc1cc2nc(COc3ccc(Cl)cc3NC(=O)c3ccccc3C)cc(=O)n2o1. The van der Waals surface area contributed by atoms with Gasteiger partial charge in [-0.1, -0.05) is 29.8 Å². The number of halogens is 1. The van der Waals surface area contributed by atoms with Crippen LogP contribution >= 0.6 is 11.6 Å². The number of carbonyl (C=O) groups is 1. The number of ether oxygens (including phenoxy) is 1. The first-order valence-electron chi connectivity index (χ1n) is 9.19. The van der Waals surface area contributed by atoms with Gasteiger partial charge in [-0.25, -0.2) is 4.98 Å². The van der Waals surface area contributed by atoms with Crippen LogP contribution in [0.5, 0.6) is 5.75 Å². The smallest absolute Gasteiger partial charge is 0.287 e. The number of nitrogens with zero attached hydrogens (tertiary/aromatic N) is 2. The average molecular weight is 424 g/mol. The van der Waals surface area contributed by atoms with Crippen LogP contribution in [-0.2, 0) is 6.61 Å². The summed E-state index contributed by atoms with van der Waals surface area (Å²) in [5.74, 6) is 0.718. The summed E-state index contributed by atoms with van der Waals surface area (Å²) in [6.07, 6.45) is 0. The van der Waals surface area contributed by atoms with Crippen LogP contribution in [0.4, 0.5) is 5.69 Å². The fraction of sp³-hybridized carbons (Fsp3) is 0.136. The molecule has 30 heavy (non-hydrogen) atoms. The lowest BCUT2D eigenvalue weighted by molar-refractivity contribution is 0.102. The fourth-order valence-electron chi connectivity index (χ4n) is 3.04. The number of carbonyl (C=O) groups excluding carboxylic acids is 1. The molecule has 2 aromatic carbocycles. The van der Waals surface area contributed by atoms with Crippen LogP contribution in [0, 0.1) is 13.8 Å². The molecule has 2 heterocycles. The number of hydrogen-bond acceptors (Lipinski definition) is 5. The van der Waals surface area contributed by atoms with Crippen LogP contribution in [0.15, 0.2) is 63.9 Å². The maximum Gasteiger partial charge on any atom is 0.287 e. The second-order valence-corrected chi connectivity index (χ2v) is 7.22. The lowest BCUT2D eigenvalue weighted by Gasteiger charge is -2.13. The van der Waals surface area contributed by atoms with Gasteiger partial charge in [0.2, 0.25) is 0 Å².